The molecule has 0 unspecified atom stereocenters. The van der Waals surface area contributed by atoms with Gasteiger partial charge in [0.2, 0.25) is 5.91 Å². The summed E-state index contributed by atoms with van der Waals surface area (Å²) in [7, 11) is -3.34. The number of pyridine rings is 1. The monoisotopic (exact) mass is 408 g/mol. The number of hydrogen-bond acceptors (Lipinski definition) is 5. The molecule has 0 radical (unpaired) electrons. The highest BCUT2D eigenvalue weighted by molar-refractivity contribution is 7.90. The Bertz CT molecular complexity index is 1260. The van der Waals surface area contributed by atoms with E-state index < -0.39 is 9.84 Å². The number of rotatable bonds is 4. The van der Waals surface area contributed by atoms with Gasteiger partial charge in [0.15, 0.2) is 9.84 Å². The molecular formula is C21H20N4O3S. The highest BCUT2D eigenvalue weighted by atomic mass is 32.2. The van der Waals surface area contributed by atoms with Crippen LogP contribution in [-0.2, 0) is 14.6 Å². The van der Waals surface area contributed by atoms with Crippen molar-refractivity contribution < 1.29 is 13.2 Å². The number of benzene rings is 1. The number of nitrogens with one attached hydrogen (secondary N) is 1. The van der Waals surface area contributed by atoms with Gasteiger partial charge in [0, 0.05) is 48.6 Å². The minimum Gasteiger partial charge on any atom is -0.316 e. The van der Waals surface area contributed by atoms with Gasteiger partial charge in [-0.25, -0.2) is 13.4 Å². The first-order chi connectivity index (χ1) is 13.8. The summed E-state index contributed by atoms with van der Waals surface area (Å²) in [5.74, 6) is 0.539. The van der Waals surface area contributed by atoms with Gasteiger partial charge in [0.25, 0.3) is 0 Å². The second-order valence-electron chi connectivity index (χ2n) is 7.49. The van der Waals surface area contributed by atoms with E-state index in [4.69, 9.17) is 5.26 Å². The molecule has 1 aliphatic carbocycles. The molecule has 4 rings (SSSR count). The van der Waals surface area contributed by atoms with Crippen LogP contribution in [0.1, 0.15) is 31.2 Å². The Balaban J connectivity index is 1.88. The van der Waals surface area contributed by atoms with Crippen molar-refractivity contribution in [3.8, 4) is 11.8 Å². The number of anilines is 1. The third kappa shape index (κ3) is 3.61. The van der Waals surface area contributed by atoms with Gasteiger partial charge in [-0.05, 0) is 42.5 Å². The third-order valence-electron chi connectivity index (χ3n) is 5.31. The molecule has 1 amide bonds. The maximum atomic E-state index is 12.0. The maximum absolute atomic E-state index is 12.0. The number of aromatic nitrogens is 2. The summed E-state index contributed by atoms with van der Waals surface area (Å²) < 4.78 is 25.9. The quantitative estimate of drug-likeness (QED) is 0.712. The maximum Gasteiger partial charge on any atom is 0.222 e. The molecule has 2 heterocycles. The van der Waals surface area contributed by atoms with Crippen LogP contribution in [0.25, 0.3) is 16.6 Å². The Morgan fingerprint density at radius 1 is 1.31 bits per heavy atom. The van der Waals surface area contributed by atoms with Crippen LogP contribution < -0.4 is 5.32 Å². The first-order valence-electron chi connectivity index (χ1n) is 9.25. The van der Waals surface area contributed by atoms with Crippen LogP contribution in [0.5, 0.6) is 0 Å². The van der Waals surface area contributed by atoms with E-state index in [1.54, 1.807) is 30.5 Å². The Hall–Kier alpha value is -3.18. The number of sulfone groups is 1. The lowest BCUT2D eigenvalue weighted by molar-refractivity contribution is -0.114. The van der Waals surface area contributed by atoms with Crippen LogP contribution in [0.15, 0.2) is 47.6 Å². The second-order valence-corrected chi connectivity index (χ2v) is 9.50. The highest BCUT2D eigenvalue weighted by Crippen LogP contribution is 2.44. The highest BCUT2D eigenvalue weighted by Gasteiger charge is 2.32. The fraction of sp³-hybridized carbons (Fsp3) is 0.286. The molecule has 1 N–H and O–H groups in total. The van der Waals surface area contributed by atoms with Crippen molar-refractivity contribution in [2.45, 2.75) is 30.6 Å². The Morgan fingerprint density at radius 2 is 2.07 bits per heavy atom. The molecule has 1 fully saturated rings. The van der Waals surface area contributed by atoms with Crippen molar-refractivity contribution in [3.05, 3.63) is 48.3 Å². The molecule has 0 aliphatic heterocycles. The second kappa shape index (κ2) is 7.01. The average molecular weight is 408 g/mol. The van der Waals surface area contributed by atoms with E-state index in [9.17, 15) is 13.2 Å². The lowest BCUT2D eigenvalue weighted by Gasteiger charge is -2.30. The summed E-state index contributed by atoms with van der Waals surface area (Å²) in [6.45, 7) is 1.42. The Morgan fingerprint density at radius 3 is 2.72 bits per heavy atom. The Labute approximate surface area is 168 Å². The van der Waals surface area contributed by atoms with Crippen molar-refractivity contribution in [2.24, 2.45) is 5.92 Å². The van der Waals surface area contributed by atoms with Gasteiger partial charge in [0.1, 0.15) is 5.82 Å². The fourth-order valence-electron chi connectivity index (χ4n) is 3.77. The van der Waals surface area contributed by atoms with Crippen molar-refractivity contribution >= 4 is 32.5 Å². The zero-order chi connectivity index (χ0) is 20.8. The molecular weight excluding hydrogens is 388 g/mol. The number of hydrogen-bond donors (Lipinski definition) is 1. The number of carbonyl (C=O) groups excluding carboxylic acids is 1. The summed E-state index contributed by atoms with van der Waals surface area (Å²) >= 11 is 0. The normalized spacial score (nSPS) is 18.8. The minimum absolute atomic E-state index is 0.0681. The predicted molar refractivity (Wildman–Crippen MR) is 110 cm³/mol. The van der Waals surface area contributed by atoms with Gasteiger partial charge in [0.05, 0.1) is 16.5 Å². The first-order valence-corrected chi connectivity index (χ1v) is 11.1. The molecule has 0 atom stereocenters. The van der Waals surface area contributed by atoms with Crippen LogP contribution in [0.4, 0.5) is 5.82 Å². The molecule has 1 saturated carbocycles. The zero-order valence-electron chi connectivity index (χ0n) is 16.1. The number of nitrogens with zero attached hydrogens (tertiary/aromatic N) is 3. The molecule has 148 valence electrons. The summed E-state index contributed by atoms with van der Waals surface area (Å²) in [6, 6.07) is 10.8. The van der Waals surface area contributed by atoms with Gasteiger partial charge >= 0.3 is 0 Å². The van der Waals surface area contributed by atoms with E-state index in [2.05, 4.69) is 16.4 Å². The van der Waals surface area contributed by atoms with Gasteiger partial charge in [-0.15, -0.1) is 0 Å². The minimum atomic E-state index is -3.34. The molecule has 0 saturated heterocycles. The van der Waals surface area contributed by atoms with Crippen molar-refractivity contribution in [2.75, 3.05) is 11.6 Å². The van der Waals surface area contributed by atoms with Gasteiger partial charge < -0.3 is 9.88 Å². The summed E-state index contributed by atoms with van der Waals surface area (Å²) in [5, 5.41) is 12.7. The molecule has 29 heavy (non-hydrogen) atoms. The lowest BCUT2D eigenvalue weighted by Crippen LogP contribution is -2.20. The standard InChI is InChI=1S/C21H20N4O3S/c1-13(26)24-21-9-20-18(11-23-21)19(15-6-14(7-15)10-22)12-25(20)16-4-3-5-17(8-16)29(2,27)28/h3-5,8-9,11-12,14-15H,6-7H2,1-2H3,(H,23,24,26)/t14-,15+. The molecule has 1 aromatic carbocycles. The molecule has 3 aromatic rings. The summed E-state index contributed by atoms with van der Waals surface area (Å²) in [6.07, 6.45) is 6.50. The van der Waals surface area contributed by atoms with Gasteiger partial charge in [-0.1, -0.05) is 6.07 Å². The summed E-state index contributed by atoms with van der Waals surface area (Å²) in [5.41, 5.74) is 2.61. The van der Waals surface area contributed by atoms with E-state index >= 15 is 0 Å². The van der Waals surface area contributed by atoms with Crippen molar-refractivity contribution in [1.29, 1.82) is 5.26 Å². The van der Waals surface area contributed by atoms with Crippen LogP contribution >= 0.6 is 0 Å². The van der Waals surface area contributed by atoms with Crippen LogP contribution in [0.3, 0.4) is 0 Å². The van der Waals surface area contributed by atoms with E-state index in [-0.39, 0.29) is 22.6 Å². The molecule has 2 aromatic heterocycles. The van der Waals surface area contributed by atoms with Crippen molar-refractivity contribution in [1.82, 2.24) is 9.55 Å². The number of amides is 1. The molecule has 0 bridgehead atoms. The Kier molecular flexibility index (Phi) is 4.63. The van der Waals surface area contributed by atoms with E-state index in [1.165, 1.54) is 13.2 Å². The number of nitriles is 1. The predicted octanol–water partition coefficient (Wildman–Crippen LogP) is 3.40. The molecule has 8 heteroatoms. The van der Waals surface area contributed by atoms with E-state index in [0.29, 0.717) is 11.5 Å². The largest absolute Gasteiger partial charge is 0.316 e. The SMILES string of the molecule is CC(=O)Nc1cc2c(cn1)c([C@H]1C[C@@H](C#N)C1)cn2-c1cccc(S(C)(=O)=O)c1. The number of fused-ring (bicyclic) bond motifs is 1. The van der Waals surface area contributed by atoms with Crippen LogP contribution in [0.2, 0.25) is 0 Å². The fourth-order valence-corrected chi connectivity index (χ4v) is 4.43. The van der Waals surface area contributed by atoms with E-state index in [1.807, 2.05) is 16.8 Å². The molecule has 7 nitrogen and oxygen atoms in total. The summed E-state index contributed by atoms with van der Waals surface area (Å²) in [4.78, 5) is 16.0. The molecule has 1 aliphatic rings. The third-order valence-corrected chi connectivity index (χ3v) is 6.42. The first kappa shape index (κ1) is 19.2. The topological polar surface area (TPSA) is 105 Å². The van der Waals surface area contributed by atoms with Gasteiger partial charge in [-0.3, -0.25) is 4.79 Å². The molecule has 0 spiro atoms. The van der Waals surface area contributed by atoms with Gasteiger partial charge in [-0.2, -0.15) is 5.26 Å². The number of carbonyl (C=O) groups is 1. The van der Waals surface area contributed by atoms with Crippen LogP contribution in [-0.4, -0.2) is 30.1 Å². The van der Waals surface area contributed by atoms with Crippen molar-refractivity contribution in [3.63, 3.8) is 0 Å². The van der Waals surface area contributed by atoms with E-state index in [0.717, 1.165) is 29.3 Å². The zero-order valence-corrected chi connectivity index (χ0v) is 16.9. The lowest BCUT2D eigenvalue weighted by atomic mass is 9.72. The smallest absolute Gasteiger partial charge is 0.222 e. The average Bonchev–Trinajstić information content (AvgIpc) is 2.98. The van der Waals surface area contributed by atoms with Crippen LogP contribution in [0, 0.1) is 17.2 Å².